The normalized spacial score (nSPS) is 12.7. The molecule has 19 heavy (non-hydrogen) atoms. The standard InChI is InChI=1S/C14H22FN3O/c1-14(2,13(16)18-19)8-10-17-9-7-11-5-3-4-6-12(11)15/h3-6,17,19H,7-10H2,1-2H3,(H2,16,18). The van der Waals surface area contributed by atoms with E-state index < -0.39 is 0 Å². The summed E-state index contributed by atoms with van der Waals surface area (Å²) in [5.41, 5.74) is 5.97. The smallest absolute Gasteiger partial charge is 0.144 e. The second-order valence-electron chi connectivity index (χ2n) is 5.21. The van der Waals surface area contributed by atoms with Crippen LogP contribution in [0, 0.1) is 11.2 Å². The maximum atomic E-state index is 13.4. The topological polar surface area (TPSA) is 70.6 Å². The van der Waals surface area contributed by atoms with Crippen LogP contribution in [0.1, 0.15) is 25.8 Å². The minimum atomic E-state index is -0.347. The van der Waals surface area contributed by atoms with Gasteiger partial charge in [0.1, 0.15) is 11.7 Å². The van der Waals surface area contributed by atoms with E-state index >= 15 is 0 Å². The number of halogens is 1. The van der Waals surface area contributed by atoms with E-state index in [1.807, 2.05) is 19.9 Å². The zero-order valence-electron chi connectivity index (χ0n) is 11.5. The van der Waals surface area contributed by atoms with E-state index in [1.165, 1.54) is 6.07 Å². The van der Waals surface area contributed by atoms with Crippen molar-refractivity contribution in [3.63, 3.8) is 0 Å². The Balaban J connectivity index is 2.27. The number of hydrogen-bond acceptors (Lipinski definition) is 3. The quantitative estimate of drug-likeness (QED) is 0.233. The van der Waals surface area contributed by atoms with Crippen LogP contribution in [-0.2, 0) is 6.42 Å². The monoisotopic (exact) mass is 267 g/mol. The Morgan fingerprint density at radius 1 is 1.37 bits per heavy atom. The molecular formula is C14H22FN3O. The molecule has 0 radical (unpaired) electrons. The zero-order chi connectivity index (χ0) is 14.3. The maximum Gasteiger partial charge on any atom is 0.144 e. The number of nitrogens with two attached hydrogens (primary N) is 1. The lowest BCUT2D eigenvalue weighted by molar-refractivity contribution is 0.305. The number of amidine groups is 1. The molecule has 0 unspecified atom stereocenters. The zero-order valence-corrected chi connectivity index (χ0v) is 11.5. The van der Waals surface area contributed by atoms with Gasteiger partial charge in [0, 0.05) is 5.41 Å². The lowest BCUT2D eigenvalue weighted by Gasteiger charge is -2.22. The largest absolute Gasteiger partial charge is 0.409 e. The first-order chi connectivity index (χ1) is 8.97. The average molecular weight is 267 g/mol. The predicted molar refractivity (Wildman–Crippen MR) is 74.8 cm³/mol. The molecule has 0 saturated carbocycles. The molecule has 106 valence electrons. The molecule has 0 saturated heterocycles. The Labute approximate surface area is 113 Å². The fraction of sp³-hybridized carbons (Fsp3) is 0.500. The van der Waals surface area contributed by atoms with E-state index in [-0.39, 0.29) is 17.1 Å². The van der Waals surface area contributed by atoms with E-state index in [0.29, 0.717) is 18.5 Å². The first kappa shape index (κ1) is 15.4. The van der Waals surface area contributed by atoms with Crippen molar-refractivity contribution in [2.75, 3.05) is 13.1 Å². The van der Waals surface area contributed by atoms with Crippen LogP contribution in [-0.4, -0.2) is 24.1 Å². The highest BCUT2D eigenvalue weighted by atomic mass is 19.1. The fourth-order valence-corrected chi connectivity index (χ4v) is 1.71. The summed E-state index contributed by atoms with van der Waals surface area (Å²) in [5.74, 6) is 0.0599. The molecule has 1 aromatic rings. The van der Waals surface area contributed by atoms with Crippen LogP contribution < -0.4 is 11.1 Å². The molecule has 0 bridgehead atoms. The van der Waals surface area contributed by atoms with Crippen molar-refractivity contribution in [1.82, 2.24) is 5.32 Å². The van der Waals surface area contributed by atoms with Crippen molar-refractivity contribution >= 4 is 5.84 Å². The van der Waals surface area contributed by atoms with Gasteiger partial charge < -0.3 is 16.3 Å². The van der Waals surface area contributed by atoms with Gasteiger partial charge in [-0.15, -0.1) is 0 Å². The molecule has 0 aliphatic heterocycles. The van der Waals surface area contributed by atoms with Gasteiger partial charge in [-0.3, -0.25) is 0 Å². The van der Waals surface area contributed by atoms with E-state index in [0.717, 1.165) is 13.0 Å². The van der Waals surface area contributed by atoms with Gasteiger partial charge >= 0.3 is 0 Å². The SMILES string of the molecule is CC(C)(CCNCCc1ccccc1F)C(N)=NO. The van der Waals surface area contributed by atoms with E-state index in [9.17, 15) is 4.39 Å². The van der Waals surface area contributed by atoms with Gasteiger partial charge in [-0.05, 0) is 37.6 Å². The molecule has 0 spiro atoms. The van der Waals surface area contributed by atoms with E-state index in [2.05, 4.69) is 10.5 Å². The minimum Gasteiger partial charge on any atom is -0.409 e. The summed E-state index contributed by atoms with van der Waals surface area (Å²) in [6, 6.07) is 6.78. The number of benzene rings is 1. The van der Waals surface area contributed by atoms with Crippen LogP contribution >= 0.6 is 0 Å². The molecule has 1 rings (SSSR count). The lowest BCUT2D eigenvalue weighted by Crippen LogP contribution is -2.35. The third kappa shape index (κ3) is 4.87. The third-order valence-electron chi connectivity index (χ3n) is 3.26. The van der Waals surface area contributed by atoms with Crippen LogP contribution in [0.2, 0.25) is 0 Å². The maximum absolute atomic E-state index is 13.4. The molecule has 0 atom stereocenters. The molecule has 5 heteroatoms. The Kier molecular flexibility index (Phi) is 5.76. The second-order valence-corrected chi connectivity index (χ2v) is 5.21. The summed E-state index contributed by atoms with van der Waals surface area (Å²) in [5, 5.41) is 14.9. The van der Waals surface area contributed by atoms with Gasteiger partial charge in [-0.1, -0.05) is 37.2 Å². The highest BCUT2D eigenvalue weighted by molar-refractivity contribution is 5.85. The van der Waals surface area contributed by atoms with Crippen molar-refractivity contribution in [2.24, 2.45) is 16.3 Å². The second kappa shape index (κ2) is 7.09. The summed E-state index contributed by atoms with van der Waals surface area (Å²) in [4.78, 5) is 0. The van der Waals surface area contributed by atoms with Crippen molar-refractivity contribution in [1.29, 1.82) is 0 Å². The average Bonchev–Trinajstić information content (AvgIpc) is 2.39. The van der Waals surface area contributed by atoms with E-state index in [1.54, 1.807) is 12.1 Å². The first-order valence-electron chi connectivity index (χ1n) is 6.39. The molecule has 0 amide bonds. The van der Waals surface area contributed by atoms with Crippen LogP contribution in [0.4, 0.5) is 4.39 Å². The number of nitrogens with one attached hydrogen (secondary N) is 1. The molecule has 0 aliphatic carbocycles. The first-order valence-corrected chi connectivity index (χ1v) is 6.39. The Morgan fingerprint density at radius 2 is 2.05 bits per heavy atom. The number of hydrogen-bond donors (Lipinski definition) is 3. The van der Waals surface area contributed by atoms with Gasteiger partial charge in [0.25, 0.3) is 0 Å². The van der Waals surface area contributed by atoms with Crippen molar-refractivity contribution in [2.45, 2.75) is 26.7 Å². The highest BCUT2D eigenvalue weighted by Gasteiger charge is 2.22. The number of oxime groups is 1. The minimum absolute atomic E-state index is 0.165. The van der Waals surface area contributed by atoms with Crippen LogP contribution in [0.15, 0.2) is 29.4 Å². The molecule has 0 heterocycles. The number of rotatable bonds is 7. The van der Waals surface area contributed by atoms with Crippen LogP contribution in [0.3, 0.4) is 0 Å². The number of nitrogens with zero attached hydrogens (tertiary/aromatic N) is 1. The molecule has 0 fully saturated rings. The molecule has 0 aromatic heterocycles. The van der Waals surface area contributed by atoms with Crippen molar-refractivity contribution in [3.05, 3.63) is 35.6 Å². The summed E-state index contributed by atoms with van der Waals surface area (Å²) in [6.45, 7) is 5.27. The third-order valence-corrected chi connectivity index (χ3v) is 3.26. The predicted octanol–water partition coefficient (Wildman–Crippen LogP) is 2.12. The Hall–Kier alpha value is -1.62. The molecule has 4 nitrogen and oxygen atoms in total. The van der Waals surface area contributed by atoms with Crippen molar-refractivity contribution in [3.8, 4) is 0 Å². The van der Waals surface area contributed by atoms with Gasteiger partial charge in [0.2, 0.25) is 0 Å². The van der Waals surface area contributed by atoms with Crippen LogP contribution in [0.5, 0.6) is 0 Å². The lowest BCUT2D eigenvalue weighted by atomic mass is 9.88. The van der Waals surface area contributed by atoms with Crippen LogP contribution in [0.25, 0.3) is 0 Å². The summed E-state index contributed by atoms with van der Waals surface area (Å²) >= 11 is 0. The van der Waals surface area contributed by atoms with Gasteiger partial charge in [0.05, 0.1) is 0 Å². The van der Waals surface area contributed by atoms with E-state index in [4.69, 9.17) is 10.9 Å². The van der Waals surface area contributed by atoms with Gasteiger partial charge in [-0.2, -0.15) is 0 Å². The molecular weight excluding hydrogens is 245 g/mol. The summed E-state index contributed by atoms with van der Waals surface area (Å²) < 4.78 is 13.4. The van der Waals surface area contributed by atoms with Gasteiger partial charge in [0.15, 0.2) is 0 Å². The van der Waals surface area contributed by atoms with Gasteiger partial charge in [-0.25, -0.2) is 4.39 Å². The Bertz CT molecular complexity index is 432. The summed E-state index contributed by atoms with van der Waals surface area (Å²) in [7, 11) is 0. The fourth-order valence-electron chi connectivity index (χ4n) is 1.71. The van der Waals surface area contributed by atoms with Crippen molar-refractivity contribution < 1.29 is 9.60 Å². The summed E-state index contributed by atoms with van der Waals surface area (Å²) in [6.07, 6.45) is 1.40. The molecule has 4 N–H and O–H groups in total. The highest BCUT2D eigenvalue weighted by Crippen LogP contribution is 2.19. The Morgan fingerprint density at radius 3 is 2.68 bits per heavy atom. The molecule has 1 aromatic carbocycles. The molecule has 0 aliphatic rings.